The third-order valence-electron chi connectivity index (χ3n) is 2.94. The van der Waals surface area contributed by atoms with Crippen LogP contribution in [0.25, 0.3) is 0 Å². The highest BCUT2D eigenvalue weighted by Crippen LogP contribution is 2.16. The van der Waals surface area contributed by atoms with Crippen LogP contribution in [0.5, 0.6) is 0 Å². The highest BCUT2D eigenvalue weighted by Gasteiger charge is 2.11. The van der Waals surface area contributed by atoms with Crippen molar-refractivity contribution in [3.8, 4) is 0 Å². The van der Waals surface area contributed by atoms with Crippen LogP contribution in [0, 0.1) is 0 Å². The summed E-state index contributed by atoms with van der Waals surface area (Å²) in [6.45, 7) is 4.50. The number of carbonyl (C=O) groups is 1. The summed E-state index contributed by atoms with van der Waals surface area (Å²) >= 11 is 0. The van der Waals surface area contributed by atoms with E-state index in [1.807, 2.05) is 55.9 Å². The van der Waals surface area contributed by atoms with Gasteiger partial charge in [-0.25, -0.2) is 4.98 Å². The molecule has 5 heteroatoms. The molecule has 1 heterocycles. The molecular formula is C15H20N4O. The maximum Gasteiger partial charge on any atom is 0.253 e. The van der Waals surface area contributed by atoms with Gasteiger partial charge in [-0.05, 0) is 26.0 Å². The van der Waals surface area contributed by atoms with Crippen LogP contribution in [-0.2, 0) is 13.6 Å². The van der Waals surface area contributed by atoms with Gasteiger partial charge in [0.25, 0.3) is 5.91 Å². The molecule has 0 radical (unpaired) electrons. The molecule has 0 aliphatic rings. The van der Waals surface area contributed by atoms with Gasteiger partial charge in [0.2, 0.25) is 0 Å². The normalized spacial score (nSPS) is 10.6. The molecule has 0 saturated carbocycles. The lowest BCUT2D eigenvalue weighted by molar-refractivity contribution is 0.0950. The molecule has 5 nitrogen and oxygen atoms in total. The Balaban J connectivity index is 2.07. The van der Waals surface area contributed by atoms with Crippen LogP contribution in [0.2, 0.25) is 0 Å². The van der Waals surface area contributed by atoms with Crippen molar-refractivity contribution in [2.45, 2.75) is 26.4 Å². The van der Waals surface area contributed by atoms with E-state index >= 15 is 0 Å². The van der Waals surface area contributed by atoms with Gasteiger partial charge in [0.15, 0.2) is 0 Å². The van der Waals surface area contributed by atoms with Gasteiger partial charge in [0, 0.05) is 31.2 Å². The van der Waals surface area contributed by atoms with E-state index in [0.717, 1.165) is 11.5 Å². The predicted molar refractivity (Wildman–Crippen MR) is 79.6 cm³/mol. The van der Waals surface area contributed by atoms with Crippen molar-refractivity contribution in [1.29, 1.82) is 0 Å². The molecule has 2 aromatic rings. The van der Waals surface area contributed by atoms with Crippen LogP contribution in [0.15, 0.2) is 36.7 Å². The minimum atomic E-state index is -0.100. The van der Waals surface area contributed by atoms with Crippen molar-refractivity contribution in [2.75, 3.05) is 5.32 Å². The fourth-order valence-electron chi connectivity index (χ4n) is 1.94. The lowest BCUT2D eigenvalue weighted by Gasteiger charge is -2.14. The van der Waals surface area contributed by atoms with Crippen molar-refractivity contribution < 1.29 is 4.79 Å². The second-order valence-corrected chi connectivity index (χ2v) is 4.98. The molecule has 2 N–H and O–H groups in total. The first-order valence-corrected chi connectivity index (χ1v) is 6.68. The molecule has 1 amide bonds. The average molecular weight is 272 g/mol. The third kappa shape index (κ3) is 3.38. The smallest absolute Gasteiger partial charge is 0.253 e. The summed E-state index contributed by atoms with van der Waals surface area (Å²) in [5.74, 6) is 0.726. The molecule has 2 rings (SSSR count). The quantitative estimate of drug-likeness (QED) is 0.877. The van der Waals surface area contributed by atoms with Crippen molar-refractivity contribution in [3.05, 3.63) is 48.0 Å². The Bertz CT molecular complexity index is 589. The summed E-state index contributed by atoms with van der Waals surface area (Å²) in [6.07, 6.45) is 3.57. The number of aryl methyl sites for hydroxylation is 1. The van der Waals surface area contributed by atoms with E-state index in [2.05, 4.69) is 15.6 Å². The third-order valence-corrected chi connectivity index (χ3v) is 2.94. The van der Waals surface area contributed by atoms with E-state index in [1.165, 1.54) is 0 Å². The number of nitrogens with zero attached hydrogens (tertiary/aromatic N) is 2. The minimum absolute atomic E-state index is 0.100. The second kappa shape index (κ2) is 6.23. The summed E-state index contributed by atoms with van der Waals surface area (Å²) < 4.78 is 1.89. The van der Waals surface area contributed by atoms with Crippen LogP contribution in [-0.4, -0.2) is 21.5 Å². The van der Waals surface area contributed by atoms with E-state index in [-0.39, 0.29) is 11.9 Å². The molecule has 0 aliphatic heterocycles. The number of aromatic nitrogens is 2. The Morgan fingerprint density at radius 3 is 2.75 bits per heavy atom. The number of benzene rings is 1. The predicted octanol–water partition coefficient (Wildman–Crippen LogP) is 2.17. The van der Waals surface area contributed by atoms with Crippen LogP contribution in [0.3, 0.4) is 0 Å². The zero-order chi connectivity index (χ0) is 14.5. The zero-order valence-corrected chi connectivity index (χ0v) is 12.1. The molecule has 0 bridgehead atoms. The van der Waals surface area contributed by atoms with Crippen LogP contribution in [0.1, 0.15) is 30.0 Å². The fourth-order valence-corrected chi connectivity index (χ4v) is 1.94. The minimum Gasteiger partial charge on any atom is -0.382 e. The molecule has 0 atom stereocenters. The molecular weight excluding hydrogens is 252 g/mol. The Morgan fingerprint density at radius 1 is 1.35 bits per heavy atom. The number of carbonyl (C=O) groups excluding carboxylic acids is 1. The van der Waals surface area contributed by atoms with Gasteiger partial charge in [-0.15, -0.1) is 0 Å². The SMILES string of the molecule is CC(C)Nc1ccccc1C(=O)NCc1nccn1C. The standard InChI is InChI=1S/C15H20N4O/c1-11(2)18-13-7-5-4-6-12(13)15(20)17-10-14-16-8-9-19(14)3/h4-9,11,18H,10H2,1-3H3,(H,17,20). The molecule has 106 valence electrons. The molecule has 0 fully saturated rings. The number of para-hydroxylation sites is 1. The monoisotopic (exact) mass is 272 g/mol. The van der Waals surface area contributed by atoms with Crippen molar-refractivity contribution in [3.63, 3.8) is 0 Å². The molecule has 1 aromatic heterocycles. The lowest BCUT2D eigenvalue weighted by atomic mass is 10.1. The number of hydrogen-bond donors (Lipinski definition) is 2. The zero-order valence-electron chi connectivity index (χ0n) is 12.1. The maximum absolute atomic E-state index is 12.3. The van der Waals surface area contributed by atoms with E-state index in [9.17, 15) is 4.79 Å². The Kier molecular flexibility index (Phi) is 4.40. The van der Waals surface area contributed by atoms with Gasteiger partial charge in [-0.1, -0.05) is 12.1 Å². The number of amides is 1. The molecule has 20 heavy (non-hydrogen) atoms. The number of imidazole rings is 1. The molecule has 0 unspecified atom stereocenters. The first-order valence-electron chi connectivity index (χ1n) is 6.68. The summed E-state index contributed by atoms with van der Waals surface area (Å²) in [4.78, 5) is 16.5. The highest BCUT2D eigenvalue weighted by atomic mass is 16.1. The number of nitrogens with one attached hydrogen (secondary N) is 2. The summed E-state index contributed by atoms with van der Waals surface area (Å²) in [5, 5.41) is 6.17. The van der Waals surface area contributed by atoms with Crippen molar-refractivity contribution in [2.24, 2.45) is 7.05 Å². The number of hydrogen-bond acceptors (Lipinski definition) is 3. The first-order chi connectivity index (χ1) is 9.58. The highest BCUT2D eigenvalue weighted by molar-refractivity contribution is 5.99. The number of anilines is 1. The van der Waals surface area contributed by atoms with E-state index < -0.39 is 0 Å². The topological polar surface area (TPSA) is 59.0 Å². The second-order valence-electron chi connectivity index (χ2n) is 4.98. The van der Waals surface area contributed by atoms with Gasteiger partial charge in [-0.3, -0.25) is 4.79 Å². The largest absolute Gasteiger partial charge is 0.382 e. The molecule has 0 saturated heterocycles. The van der Waals surface area contributed by atoms with Gasteiger partial charge in [0.1, 0.15) is 5.82 Å². The number of rotatable bonds is 5. The average Bonchev–Trinajstić information content (AvgIpc) is 2.81. The van der Waals surface area contributed by atoms with Crippen molar-refractivity contribution in [1.82, 2.24) is 14.9 Å². The van der Waals surface area contributed by atoms with E-state index in [1.54, 1.807) is 6.20 Å². The maximum atomic E-state index is 12.3. The van der Waals surface area contributed by atoms with Gasteiger partial charge >= 0.3 is 0 Å². The fraction of sp³-hybridized carbons (Fsp3) is 0.333. The Labute approximate surface area is 119 Å². The van der Waals surface area contributed by atoms with E-state index in [4.69, 9.17) is 0 Å². The van der Waals surface area contributed by atoms with Gasteiger partial charge < -0.3 is 15.2 Å². The summed E-state index contributed by atoms with van der Waals surface area (Å²) in [6, 6.07) is 7.79. The van der Waals surface area contributed by atoms with Crippen LogP contribution in [0.4, 0.5) is 5.69 Å². The molecule has 1 aromatic carbocycles. The summed E-state index contributed by atoms with van der Waals surface area (Å²) in [7, 11) is 1.91. The van der Waals surface area contributed by atoms with Crippen molar-refractivity contribution >= 4 is 11.6 Å². The lowest BCUT2D eigenvalue weighted by Crippen LogP contribution is -2.26. The van der Waals surface area contributed by atoms with Crippen LogP contribution < -0.4 is 10.6 Å². The molecule has 0 spiro atoms. The molecule has 0 aliphatic carbocycles. The summed E-state index contributed by atoms with van der Waals surface area (Å²) in [5.41, 5.74) is 1.50. The van der Waals surface area contributed by atoms with E-state index in [0.29, 0.717) is 12.1 Å². The first kappa shape index (κ1) is 14.1. The van der Waals surface area contributed by atoms with Gasteiger partial charge in [-0.2, -0.15) is 0 Å². The van der Waals surface area contributed by atoms with Crippen LogP contribution >= 0.6 is 0 Å². The Morgan fingerprint density at radius 2 is 2.10 bits per heavy atom. The Hall–Kier alpha value is -2.30. The van der Waals surface area contributed by atoms with Gasteiger partial charge in [0.05, 0.1) is 12.1 Å².